The van der Waals surface area contributed by atoms with Gasteiger partial charge in [0.15, 0.2) is 5.78 Å². The first-order valence-electron chi connectivity index (χ1n) is 5.68. The van der Waals surface area contributed by atoms with E-state index in [9.17, 15) is 4.79 Å². The number of aliphatic hydroxyl groups excluding tert-OH is 1. The standard InChI is InChI=1S/C13H18ClNO2/c1-10(2)15(7-8-16)9-13(17)11-3-5-12(14)6-4-11/h3-6,10,16H,7-9H2,1-2H3. The van der Waals surface area contributed by atoms with Crippen LogP contribution < -0.4 is 0 Å². The molecule has 17 heavy (non-hydrogen) atoms. The summed E-state index contributed by atoms with van der Waals surface area (Å²) in [4.78, 5) is 13.9. The molecule has 0 unspecified atom stereocenters. The smallest absolute Gasteiger partial charge is 0.176 e. The second kappa shape index (κ2) is 6.74. The summed E-state index contributed by atoms with van der Waals surface area (Å²) in [5.74, 6) is 0.0452. The molecule has 94 valence electrons. The molecule has 0 aliphatic heterocycles. The van der Waals surface area contributed by atoms with E-state index in [4.69, 9.17) is 16.7 Å². The molecular weight excluding hydrogens is 238 g/mol. The molecule has 0 aliphatic rings. The maximum Gasteiger partial charge on any atom is 0.176 e. The predicted octanol–water partition coefficient (Wildman–Crippen LogP) is 2.23. The Morgan fingerprint density at radius 1 is 1.35 bits per heavy atom. The largest absolute Gasteiger partial charge is 0.395 e. The van der Waals surface area contributed by atoms with E-state index in [0.717, 1.165) is 0 Å². The number of rotatable bonds is 6. The Bertz CT molecular complexity index is 362. The van der Waals surface area contributed by atoms with Gasteiger partial charge in [-0.25, -0.2) is 0 Å². The maximum atomic E-state index is 12.0. The van der Waals surface area contributed by atoms with E-state index in [0.29, 0.717) is 23.7 Å². The topological polar surface area (TPSA) is 40.5 Å². The minimum absolute atomic E-state index is 0.0452. The molecule has 0 fully saturated rings. The van der Waals surface area contributed by atoms with E-state index in [1.807, 2.05) is 18.7 Å². The molecule has 0 aromatic heterocycles. The quantitative estimate of drug-likeness (QED) is 0.793. The van der Waals surface area contributed by atoms with Crippen molar-refractivity contribution >= 4 is 17.4 Å². The fraction of sp³-hybridized carbons (Fsp3) is 0.462. The number of halogens is 1. The van der Waals surface area contributed by atoms with Gasteiger partial charge in [0.1, 0.15) is 0 Å². The van der Waals surface area contributed by atoms with Crippen molar-refractivity contribution in [3.05, 3.63) is 34.9 Å². The number of carbonyl (C=O) groups excluding carboxylic acids is 1. The van der Waals surface area contributed by atoms with Crippen molar-refractivity contribution in [2.24, 2.45) is 0 Å². The second-order valence-corrected chi connectivity index (χ2v) is 4.65. The Labute approximate surface area is 107 Å². The number of nitrogens with zero attached hydrogens (tertiary/aromatic N) is 1. The average Bonchev–Trinajstić information content (AvgIpc) is 2.29. The lowest BCUT2D eigenvalue weighted by Gasteiger charge is -2.24. The molecule has 0 bridgehead atoms. The van der Waals surface area contributed by atoms with Crippen LogP contribution in [0.25, 0.3) is 0 Å². The van der Waals surface area contributed by atoms with Gasteiger partial charge >= 0.3 is 0 Å². The number of Topliss-reactive ketones (excluding diaryl/α,β-unsaturated/α-hetero) is 1. The molecular formula is C13H18ClNO2. The second-order valence-electron chi connectivity index (χ2n) is 4.22. The molecule has 1 rings (SSSR count). The lowest BCUT2D eigenvalue weighted by atomic mass is 10.1. The van der Waals surface area contributed by atoms with Gasteiger partial charge in [0.05, 0.1) is 13.2 Å². The van der Waals surface area contributed by atoms with Gasteiger partial charge in [-0.3, -0.25) is 9.69 Å². The van der Waals surface area contributed by atoms with Crippen molar-refractivity contribution in [3.63, 3.8) is 0 Å². The van der Waals surface area contributed by atoms with Crippen molar-refractivity contribution in [2.45, 2.75) is 19.9 Å². The number of hydrogen-bond acceptors (Lipinski definition) is 3. The summed E-state index contributed by atoms with van der Waals surface area (Å²) in [6, 6.07) is 7.10. The molecule has 0 atom stereocenters. The number of benzene rings is 1. The van der Waals surface area contributed by atoms with E-state index in [2.05, 4.69) is 0 Å². The number of hydrogen-bond donors (Lipinski definition) is 1. The van der Waals surface area contributed by atoms with Crippen molar-refractivity contribution in [1.29, 1.82) is 0 Å². The average molecular weight is 256 g/mol. The monoisotopic (exact) mass is 255 g/mol. The summed E-state index contributed by atoms with van der Waals surface area (Å²) >= 11 is 5.77. The fourth-order valence-corrected chi connectivity index (χ4v) is 1.69. The molecule has 1 aromatic rings. The van der Waals surface area contributed by atoms with Crippen LogP contribution in [-0.4, -0.2) is 41.5 Å². The number of ketones is 1. The van der Waals surface area contributed by atoms with E-state index in [-0.39, 0.29) is 18.4 Å². The normalized spacial score (nSPS) is 11.2. The van der Waals surface area contributed by atoms with Gasteiger partial charge in [-0.05, 0) is 38.1 Å². The number of carbonyl (C=O) groups is 1. The molecule has 0 radical (unpaired) electrons. The molecule has 1 N–H and O–H groups in total. The Morgan fingerprint density at radius 3 is 2.41 bits per heavy atom. The third-order valence-electron chi connectivity index (χ3n) is 2.63. The summed E-state index contributed by atoms with van der Waals surface area (Å²) in [5, 5.41) is 9.56. The summed E-state index contributed by atoms with van der Waals surface area (Å²) in [7, 11) is 0. The molecule has 0 spiro atoms. The van der Waals surface area contributed by atoms with Crippen molar-refractivity contribution in [1.82, 2.24) is 4.90 Å². The van der Waals surface area contributed by atoms with Crippen LogP contribution in [-0.2, 0) is 0 Å². The summed E-state index contributed by atoms with van der Waals surface area (Å²) in [5.41, 5.74) is 0.651. The first-order valence-corrected chi connectivity index (χ1v) is 6.06. The Kier molecular flexibility index (Phi) is 5.62. The van der Waals surface area contributed by atoms with Gasteiger partial charge in [-0.15, -0.1) is 0 Å². The van der Waals surface area contributed by atoms with E-state index in [1.54, 1.807) is 24.3 Å². The predicted molar refractivity (Wildman–Crippen MR) is 69.6 cm³/mol. The lowest BCUT2D eigenvalue weighted by Crippen LogP contribution is -2.37. The van der Waals surface area contributed by atoms with Gasteiger partial charge in [0.2, 0.25) is 0 Å². The van der Waals surface area contributed by atoms with Crippen LogP contribution in [0.5, 0.6) is 0 Å². The van der Waals surface area contributed by atoms with Gasteiger partial charge in [0, 0.05) is 23.2 Å². The van der Waals surface area contributed by atoms with Crippen LogP contribution in [0.2, 0.25) is 5.02 Å². The third-order valence-corrected chi connectivity index (χ3v) is 2.88. The highest BCUT2D eigenvalue weighted by molar-refractivity contribution is 6.30. The van der Waals surface area contributed by atoms with Crippen LogP contribution in [0.1, 0.15) is 24.2 Å². The Balaban J connectivity index is 2.66. The van der Waals surface area contributed by atoms with Crippen molar-refractivity contribution in [2.75, 3.05) is 19.7 Å². The van der Waals surface area contributed by atoms with Crippen LogP contribution in [0.3, 0.4) is 0 Å². The first-order chi connectivity index (χ1) is 8.04. The van der Waals surface area contributed by atoms with E-state index < -0.39 is 0 Å². The highest BCUT2D eigenvalue weighted by Crippen LogP contribution is 2.11. The molecule has 0 saturated heterocycles. The fourth-order valence-electron chi connectivity index (χ4n) is 1.56. The summed E-state index contributed by atoms with van der Waals surface area (Å²) < 4.78 is 0. The van der Waals surface area contributed by atoms with Crippen molar-refractivity contribution < 1.29 is 9.90 Å². The third kappa shape index (κ3) is 4.46. The van der Waals surface area contributed by atoms with Crippen molar-refractivity contribution in [3.8, 4) is 0 Å². The van der Waals surface area contributed by atoms with Gasteiger partial charge in [0.25, 0.3) is 0 Å². The van der Waals surface area contributed by atoms with E-state index in [1.165, 1.54) is 0 Å². The minimum Gasteiger partial charge on any atom is -0.395 e. The van der Waals surface area contributed by atoms with Crippen LogP contribution in [0.4, 0.5) is 0 Å². The molecule has 4 heteroatoms. The zero-order valence-electron chi connectivity index (χ0n) is 10.2. The van der Waals surface area contributed by atoms with Gasteiger partial charge in [-0.1, -0.05) is 11.6 Å². The molecule has 1 aromatic carbocycles. The van der Waals surface area contributed by atoms with Gasteiger partial charge in [-0.2, -0.15) is 0 Å². The Morgan fingerprint density at radius 2 is 1.94 bits per heavy atom. The molecule has 0 saturated carbocycles. The molecule has 0 aliphatic carbocycles. The molecule has 0 heterocycles. The first kappa shape index (κ1) is 14.2. The lowest BCUT2D eigenvalue weighted by molar-refractivity contribution is 0.0881. The zero-order valence-corrected chi connectivity index (χ0v) is 10.9. The summed E-state index contributed by atoms with van der Waals surface area (Å²) in [6.07, 6.45) is 0. The maximum absolute atomic E-state index is 12.0. The molecule has 0 amide bonds. The minimum atomic E-state index is 0.0452. The Hall–Kier alpha value is -0.900. The van der Waals surface area contributed by atoms with E-state index >= 15 is 0 Å². The van der Waals surface area contributed by atoms with Gasteiger partial charge < -0.3 is 5.11 Å². The van der Waals surface area contributed by atoms with Crippen LogP contribution in [0.15, 0.2) is 24.3 Å². The highest BCUT2D eigenvalue weighted by Gasteiger charge is 2.14. The summed E-state index contributed by atoms with van der Waals surface area (Å²) in [6.45, 7) is 4.90. The number of aliphatic hydroxyl groups is 1. The highest BCUT2D eigenvalue weighted by atomic mass is 35.5. The van der Waals surface area contributed by atoms with Crippen LogP contribution >= 0.6 is 11.6 Å². The van der Waals surface area contributed by atoms with Crippen LogP contribution in [0, 0.1) is 0 Å². The SMILES string of the molecule is CC(C)N(CCO)CC(=O)c1ccc(Cl)cc1. The molecule has 3 nitrogen and oxygen atoms in total. The zero-order chi connectivity index (χ0) is 12.8.